The molecule has 0 amide bonds. The number of halogens is 1. The molecule has 2 N–H and O–H groups in total. The molecule has 0 fully saturated rings. The maximum absolute atomic E-state index is 15.0. The molecule has 7 heteroatoms. The molecule has 1 aromatic heterocycles. The molecule has 0 spiro atoms. The Kier molecular flexibility index (Phi) is 5.60. The number of ketones is 1. The van der Waals surface area contributed by atoms with E-state index in [9.17, 15) is 14.0 Å². The van der Waals surface area contributed by atoms with Crippen LogP contribution in [0.3, 0.4) is 0 Å². The zero-order chi connectivity index (χ0) is 20.4. The van der Waals surface area contributed by atoms with Gasteiger partial charge in [-0.25, -0.2) is 9.37 Å². The van der Waals surface area contributed by atoms with E-state index in [0.717, 1.165) is 23.0 Å². The third kappa shape index (κ3) is 3.75. The van der Waals surface area contributed by atoms with Crippen LogP contribution in [0.5, 0.6) is 0 Å². The number of carbonyl (C=O) groups is 1. The van der Waals surface area contributed by atoms with Gasteiger partial charge in [-0.15, -0.1) is 0 Å². The largest absolute Gasteiger partial charge is 0.313 e. The van der Waals surface area contributed by atoms with E-state index in [-0.39, 0.29) is 11.3 Å². The summed E-state index contributed by atoms with van der Waals surface area (Å²) in [6, 6.07) is 17.1. The second-order valence-electron chi connectivity index (χ2n) is 6.98. The van der Waals surface area contributed by atoms with Gasteiger partial charge in [-0.1, -0.05) is 66.5 Å². The number of Topliss-reactive ketones (excluding diaryl/α,β-unsaturated/α-hetero) is 1. The minimum absolute atomic E-state index is 0.0652. The summed E-state index contributed by atoms with van der Waals surface area (Å²) in [5.41, 5.74) is 2.87. The molecule has 3 aromatic rings. The highest BCUT2D eigenvalue weighted by molar-refractivity contribution is 7.96. The van der Waals surface area contributed by atoms with Crippen LogP contribution in [-0.2, 0) is 6.42 Å². The number of aromatic amines is 1. The van der Waals surface area contributed by atoms with Gasteiger partial charge in [-0.2, -0.15) is 0 Å². The quantitative estimate of drug-likeness (QED) is 0.631. The maximum Gasteiger partial charge on any atom is 0.254 e. The van der Waals surface area contributed by atoms with E-state index >= 15 is 0 Å². The molecule has 3 unspecified atom stereocenters. The zero-order valence-electron chi connectivity index (χ0n) is 15.8. The summed E-state index contributed by atoms with van der Waals surface area (Å²) < 4.78 is 17.9. The fraction of sp³-hybridized carbons (Fsp3) is 0.227. The summed E-state index contributed by atoms with van der Waals surface area (Å²) in [6.45, 7) is 0. The number of nitrogens with zero attached hydrogens (tertiary/aromatic N) is 1. The first kappa shape index (κ1) is 19.5. The number of nitrogens with one attached hydrogen (secondary N) is 2. The Hall–Kier alpha value is -2.77. The third-order valence-electron chi connectivity index (χ3n) is 5.24. The lowest BCUT2D eigenvalue weighted by atomic mass is 9.77. The Morgan fingerprint density at radius 1 is 1.10 bits per heavy atom. The van der Waals surface area contributed by atoms with Gasteiger partial charge in [0.15, 0.2) is 6.17 Å². The number of aromatic nitrogens is 2. The minimum atomic E-state index is -1.76. The number of benzene rings is 2. The fourth-order valence-corrected chi connectivity index (χ4v) is 4.45. The molecule has 148 valence electrons. The maximum atomic E-state index is 15.0. The number of fused-ring (bicyclic) bond motifs is 1. The number of H-pyrrole nitrogens is 1. The second kappa shape index (κ2) is 8.31. The standard InChI is InChI=1S/C22H20FN3O2S/c1-29-26-19-16(17-20(21(27)18(19)23)24-12-25-22(17)28)11-13-6-5-9-15(10-13)14-7-3-2-4-8-14/h2-10,12,16,18-19,26H,11H2,1H3,(H,24,25,28). The predicted molar refractivity (Wildman–Crippen MR) is 113 cm³/mol. The van der Waals surface area contributed by atoms with E-state index in [2.05, 4.69) is 14.7 Å². The van der Waals surface area contributed by atoms with Gasteiger partial charge in [0.1, 0.15) is 5.69 Å². The van der Waals surface area contributed by atoms with Crippen molar-refractivity contribution in [2.24, 2.45) is 0 Å². The summed E-state index contributed by atoms with van der Waals surface area (Å²) in [4.78, 5) is 31.5. The SMILES string of the molecule is CSNC1C(F)C(=O)c2nc[nH]c(=O)c2C1Cc1cccc(-c2ccccc2)c1. The molecule has 0 bridgehead atoms. The molecule has 29 heavy (non-hydrogen) atoms. The van der Waals surface area contributed by atoms with Crippen LogP contribution in [0.25, 0.3) is 11.1 Å². The van der Waals surface area contributed by atoms with Crippen LogP contribution in [0.1, 0.15) is 27.5 Å². The predicted octanol–water partition coefficient (Wildman–Crippen LogP) is 3.53. The Morgan fingerprint density at radius 2 is 1.86 bits per heavy atom. The van der Waals surface area contributed by atoms with Crippen molar-refractivity contribution in [1.29, 1.82) is 0 Å². The van der Waals surface area contributed by atoms with E-state index in [1.54, 1.807) is 6.26 Å². The van der Waals surface area contributed by atoms with Crippen molar-refractivity contribution in [3.05, 3.63) is 88.1 Å². The zero-order valence-corrected chi connectivity index (χ0v) is 16.6. The van der Waals surface area contributed by atoms with Crippen LogP contribution >= 0.6 is 11.9 Å². The van der Waals surface area contributed by atoms with Gasteiger partial charge in [0.25, 0.3) is 5.56 Å². The highest BCUT2D eigenvalue weighted by Gasteiger charge is 2.44. The first-order chi connectivity index (χ1) is 14.1. The van der Waals surface area contributed by atoms with Crippen LogP contribution in [0.2, 0.25) is 0 Å². The normalized spacial score (nSPS) is 21.0. The van der Waals surface area contributed by atoms with Gasteiger partial charge in [-0.3, -0.25) is 14.3 Å². The van der Waals surface area contributed by atoms with Gasteiger partial charge in [0.05, 0.1) is 17.9 Å². The number of rotatable bonds is 5. The summed E-state index contributed by atoms with van der Waals surface area (Å²) in [7, 11) is 0. The topological polar surface area (TPSA) is 74.8 Å². The molecule has 0 saturated heterocycles. The Labute approximate surface area is 171 Å². The molecule has 0 aliphatic heterocycles. The lowest BCUT2D eigenvalue weighted by Gasteiger charge is -2.34. The Bertz CT molecular complexity index is 1090. The molecule has 5 nitrogen and oxygen atoms in total. The van der Waals surface area contributed by atoms with Gasteiger partial charge in [-0.05, 0) is 29.4 Å². The minimum Gasteiger partial charge on any atom is -0.313 e. The van der Waals surface area contributed by atoms with E-state index in [4.69, 9.17) is 0 Å². The van der Waals surface area contributed by atoms with Crippen LogP contribution < -0.4 is 10.3 Å². The van der Waals surface area contributed by atoms with Crippen LogP contribution in [0, 0.1) is 0 Å². The molecular formula is C22H20FN3O2S. The van der Waals surface area contributed by atoms with Crippen LogP contribution in [0.15, 0.2) is 65.7 Å². The fourth-order valence-electron chi connectivity index (χ4n) is 3.90. The highest BCUT2D eigenvalue weighted by atomic mass is 32.2. The number of carbonyl (C=O) groups excluding carboxylic acids is 1. The summed E-state index contributed by atoms with van der Waals surface area (Å²) >= 11 is 1.23. The lowest BCUT2D eigenvalue weighted by Crippen LogP contribution is -2.50. The average molecular weight is 409 g/mol. The van der Waals surface area contributed by atoms with E-state index < -0.39 is 29.5 Å². The van der Waals surface area contributed by atoms with Crippen LogP contribution in [0.4, 0.5) is 4.39 Å². The first-order valence-corrected chi connectivity index (χ1v) is 10.5. The number of hydrogen-bond donors (Lipinski definition) is 2. The van der Waals surface area contributed by atoms with Crippen LogP contribution in [-0.4, -0.2) is 34.2 Å². The average Bonchev–Trinajstić information content (AvgIpc) is 2.75. The smallest absolute Gasteiger partial charge is 0.254 e. The number of alkyl halides is 1. The first-order valence-electron chi connectivity index (χ1n) is 9.29. The summed E-state index contributed by atoms with van der Waals surface area (Å²) in [6.07, 6.45) is 1.58. The second-order valence-corrected chi connectivity index (χ2v) is 7.63. The molecule has 1 heterocycles. The van der Waals surface area contributed by atoms with Crippen molar-refractivity contribution in [3.8, 4) is 11.1 Å². The van der Waals surface area contributed by atoms with E-state index in [1.165, 1.54) is 11.9 Å². The number of hydrogen-bond acceptors (Lipinski definition) is 5. The summed E-state index contributed by atoms with van der Waals surface area (Å²) in [5, 5.41) is 0. The lowest BCUT2D eigenvalue weighted by molar-refractivity contribution is 0.0801. The molecule has 1 aliphatic carbocycles. The Balaban J connectivity index is 1.76. The van der Waals surface area contributed by atoms with Crippen molar-refractivity contribution < 1.29 is 9.18 Å². The van der Waals surface area contributed by atoms with E-state index in [0.29, 0.717) is 6.42 Å². The van der Waals surface area contributed by atoms with Crippen molar-refractivity contribution in [2.75, 3.05) is 6.26 Å². The highest BCUT2D eigenvalue weighted by Crippen LogP contribution is 2.34. The van der Waals surface area contributed by atoms with Gasteiger partial charge in [0, 0.05) is 5.92 Å². The summed E-state index contributed by atoms with van der Waals surface area (Å²) in [5.74, 6) is -1.26. The van der Waals surface area contributed by atoms with Crippen molar-refractivity contribution in [1.82, 2.24) is 14.7 Å². The molecular weight excluding hydrogens is 389 g/mol. The van der Waals surface area contributed by atoms with Gasteiger partial charge >= 0.3 is 0 Å². The monoisotopic (exact) mass is 409 g/mol. The molecule has 4 rings (SSSR count). The van der Waals surface area contributed by atoms with E-state index in [1.807, 2.05) is 54.6 Å². The van der Waals surface area contributed by atoms with Crippen molar-refractivity contribution >= 4 is 17.7 Å². The molecule has 0 saturated carbocycles. The Morgan fingerprint density at radius 3 is 2.62 bits per heavy atom. The molecule has 1 aliphatic rings. The van der Waals surface area contributed by atoms with Gasteiger partial charge in [0.2, 0.25) is 5.78 Å². The van der Waals surface area contributed by atoms with Crippen molar-refractivity contribution in [3.63, 3.8) is 0 Å². The van der Waals surface area contributed by atoms with Crippen molar-refractivity contribution in [2.45, 2.75) is 24.6 Å². The molecule has 3 atom stereocenters. The third-order valence-corrected chi connectivity index (χ3v) is 5.74. The van der Waals surface area contributed by atoms with Gasteiger partial charge < -0.3 is 4.98 Å². The molecule has 0 radical (unpaired) electrons. The molecule has 2 aromatic carbocycles.